The van der Waals surface area contributed by atoms with Crippen molar-refractivity contribution in [1.82, 2.24) is 34.6 Å². The quantitative estimate of drug-likeness (QED) is 0.480. The lowest BCUT2D eigenvalue weighted by molar-refractivity contribution is -0.162. The fraction of sp³-hybridized carbons (Fsp3) is 0.318. The van der Waals surface area contributed by atoms with Crippen molar-refractivity contribution in [3.63, 3.8) is 0 Å². The first kappa shape index (κ1) is 22.0. The number of carbonyl (C=O) groups is 1. The third-order valence-corrected chi connectivity index (χ3v) is 5.76. The Morgan fingerprint density at radius 3 is 2.68 bits per heavy atom. The predicted molar refractivity (Wildman–Crippen MR) is 115 cm³/mol. The Morgan fingerprint density at radius 2 is 1.94 bits per heavy atom. The minimum atomic E-state index is -4.58. The lowest BCUT2D eigenvalue weighted by Crippen LogP contribution is -2.42. The predicted octanol–water partition coefficient (Wildman–Crippen LogP) is 3.10. The summed E-state index contributed by atoms with van der Waals surface area (Å²) in [5.41, 5.74) is 2.82. The van der Waals surface area contributed by atoms with E-state index in [1.807, 2.05) is 0 Å². The van der Waals surface area contributed by atoms with Gasteiger partial charge in [-0.15, -0.1) is 0 Å². The molecule has 1 saturated heterocycles. The summed E-state index contributed by atoms with van der Waals surface area (Å²) in [4.78, 5) is 29.5. The maximum absolute atomic E-state index is 13.8. The van der Waals surface area contributed by atoms with Crippen LogP contribution in [0.3, 0.4) is 0 Å². The average molecular weight is 471 g/mol. The van der Waals surface area contributed by atoms with Crippen LogP contribution in [-0.2, 0) is 9.53 Å². The Bertz CT molecular complexity index is 1290. The topological polar surface area (TPSA) is 102 Å². The molecule has 12 heteroatoms. The number of rotatable bonds is 5. The summed E-state index contributed by atoms with van der Waals surface area (Å²) < 4.78 is 48.0. The van der Waals surface area contributed by atoms with Crippen molar-refractivity contribution >= 4 is 17.1 Å². The van der Waals surface area contributed by atoms with Crippen molar-refractivity contribution in [2.45, 2.75) is 18.5 Å². The van der Waals surface area contributed by atoms with Crippen molar-refractivity contribution in [2.24, 2.45) is 0 Å². The molecule has 1 aliphatic rings. The van der Waals surface area contributed by atoms with E-state index in [-0.39, 0.29) is 5.56 Å². The van der Waals surface area contributed by atoms with Crippen LogP contribution in [-0.4, -0.2) is 73.0 Å². The van der Waals surface area contributed by atoms with Crippen LogP contribution in [0.25, 0.3) is 28.1 Å². The highest BCUT2D eigenvalue weighted by Gasteiger charge is 2.43. The molecule has 34 heavy (non-hydrogen) atoms. The standard InChI is InChI=1S/C22H20F3N7O2/c23-22(24,25)17(9-19(33)31-5-7-34-8-6-31)14-1-2-18(27-10-14)32-12-15(11-30-32)16-3-4-26-21-20(16)28-13-29-21/h1-4,10-13,17H,5-9H2,(H,26,28,29). The number of pyridine rings is 2. The SMILES string of the molecule is O=C(CC(c1ccc(-n2cc(-c3ccnc4[nH]cnc34)cn2)nc1)C(F)(F)F)N1CCOCC1. The molecule has 0 aliphatic carbocycles. The van der Waals surface area contributed by atoms with Gasteiger partial charge >= 0.3 is 6.18 Å². The van der Waals surface area contributed by atoms with Gasteiger partial charge in [0.05, 0.1) is 31.7 Å². The molecule has 9 nitrogen and oxygen atoms in total. The molecule has 176 valence electrons. The Hall–Kier alpha value is -3.80. The third-order valence-electron chi connectivity index (χ3n) is 5.76. The van der Waals surface area contributed by atoms with Gasteiger partial charge in [-0.25, -0.2) is 19.6 Å². The fourth-order valence-corrected chi connectivity index (χ4v) is 3.95. The van der Waals surface area contributed by atoms with Crippen molar-refractivity contribution in [2.75, 3.05) is 26.3 Å². The molecule has 5 rings (SSSR count). The second-order valence-electron chi connectivity index (χ2n) is 7.87. The van der Waals surface area contributed by atoms with Gasteiger partial charge in [-0.1, -0.05) is 6.07 Å². The average Bonchev–Trinajstić information content (AvgIpc) is 3.52. The number of aromatic amines is 1. The molecule has 0 radical (unpaired) electrons. The number of morpholine rings is 1. The Labute approximate surface area is 191 Å². The number of hydrogen-bond acceptors (Lipinski definition) is 6. The number of aromatic nitrogens is 6. The molecular weight excluding hydrogens is 451 g/mol. The molecule has 1 N–H and O–H groups in total. The van der Waals surface area contributed by atoms with Gasteiger partial charge in [0, 0.05) is 49.2 Å². The van der Waals surface area contributed by atoms with E-state index in [4.69, 9.17) is 4.74 Å². The second-order valence-corrected chi connectivity index (χ2v) is 7.87. The van der Waals surface area contributed by atoms with Crippen molar-refractivity contribution in [3.05, 3.63) is 54.9 Å². The molecule has 4 aromatic rings. The molecular formula is C22H20F3N7O2. The number of amides is 1. The van der Waals surface area contributed by atoms with Crippen molar-refractivity contribution in [3.8, 4) is 16.9 Å². The lowest BCUT2D eigenvalue weighted by atomic mass is 9.95. The minimum Gasteiger partial charge on any atom is -0.378 e. The first-order valence-corrected chi connectivity index (χ1v) is 10.6. The number of halogens is 3. The minimum absolute atomic E-state index is 0.0717. The fourth-order valence-electron chi connectivity index (χ4n) is 3.95. The second kappa shape index (κ2) is 8.86. The summed E-state index contributed by atoms with van der Waals surface area (Å²) in [5, 5.41) is 4.29. The van der Waals surface area contributed by atoms with Crippen LogP contribution in [0, 0.1) is 0 Å². The highest BCUT2D eigenvalue weighted by atomic mass is 19.4. The molecule has 5 heterocycles. The normalized spacial score (nSPS) is 15.6. The van der Waals surface area contributed by atoms with Gasteiger partial charge in [-0.05, 0) is 17.7 Å². The van der Waals surface area contributed by atoms with E-state index >= 15 is 0 Å². The van der Waals surface area contributed by atoms with Gasteiger partial charge in [0.1, 0.15) is 5.52 Å². The number of ether oxygens (including phenoxy) is 1. The van der Waals surface area contributed by atoms with Gasteiger partial charge in [-0.2, -0.15) is 18.3 Å². The molecule has 1 aliphatic heterocycles. The molecule has 1 fully saturated rings. The molecule has 1 atom stereocenters. The van der Waals surface area contributed by atoms with Crippen LogP contribution in [0.2, 0.25) is 0 Å². The molecule has 1 unspecified atom stereocenters. The van der Waals surface area contributed by atoms with E-state index in [0.717, 1.165) is 17.3 Å². The van der Waals surface area contributed by atoms with Gasteiger partial charge in [-0.3, -0.25) is 4.79 Å². The number of imidazole rings is 1. The summed E-state index contributed by atoms with van der Waals surface area (Å²) in [7, 11) is 0. The van der Waals surface area contributed by atoms with Crippen LogP contribution in [0.4, 0.5) is 13.2 Å². The molecule has 0 bridgehead atoms. The number of H-pyrrole nitrogens is 1. The van der Waals surface area contributed by atoms with E-state index in [2.05, 4.69) is 25.0 Å². The molecule has 1 amide bonds. The van der Waals surface area contributed by atoms with Crippen molar-refractivity contribution in [1.29, 1.82) is 0 Å². The summed E-state index contributed by atoms with van der Waals surface area (Å²) in [6.07, 6.45) is 2.44. The number of fused-ring (bicyclic) bond motifs is 1. The first-order valence-electron chi connectivity index (χ1n) is 10.6. The van der Waals surface area contributed by atoms with Gasteiger partial charge in [0.2, 0.25) is 5.91 Å². The van der Waals surface area contributed by atoms with Crippen LogP contribution >= 0.6 is 0 Å². The number of hydrogen-bond donors (Lipinski definition) is 1. The number of nitrogens with zero attached hydrogens (tertiary/aromatic N) is 6. The van der Waals surface area contributed by atoms with Crippen LogP contribution in [0.5, 0.6) is 0 Å². The Balaban J connectivity index is 1.37. The van der Waals surface area contributed by atoms with Crippen molar-refractivity contribution < 1.29 is 22.7 Å². The summed E-state index contributed by atoms with van der Waals surface area (Å²) in [6, 6.07) is 4.61. The monoisotopic (exact) mass is 471 g/mol. The van der Waals surface area contributed by atoms with Crippen LogP contribution in [0.15, 0.2) is 49.3 Å². The smallest absolute Gasteiger partial charge is 0.378 e. The third kappa shape index (κ3) is 4.36. The maximum atomic E-state index is 13.8. The molecule has 0 spiro atoms. The highest BCUT2D eigenvalue weighted by molar-refractivity contribution is 5.88. The van der Waals surface area contributed by atoms with E-state index in [9.17, 15) is 18.0 Å². The zero-order valence-corrected chi connectivity index (χ0v) is 17.9. The maximum Gasteiger partial charge on any atom is 0.396 e. The summed E-state index contributed by atoms with van der Waals surface area (Å²) in [5.74, 6) is -2.14. The van der Waals surface area contributed by atoms with Crippen LogP contribution in [0.1, 0.15) is 17.9 Å². The zero-order chi connectivity index (χ0) is 23.7. The summed E-state index contributed by atoms with van der Waals surface area (Å²) >= 11 is 0. The number of alkyl halides is 3. The van der Waals surface area contributed by atoms with E-state index in [0.29, 0.717) is 43.3 Å². The van der Waals surface area contributed by atoms with Gasteiger partial charge < -0.3 is 14.6 Å². The molecule has 4 aromatic heterocycles. The largest absolute Gasteiger partial charge is 0.396 e. The van der Waals surface area contributed by atoms with E-state index < -0.39 is 24.4 Å². The Kier molecular flexibility index (Phi) is 5.74. The van der Waals surface area contributed by atoms with Gasteiger partial charge in [0.15, 0.2) is 11.5 Å². The molecule has 0 aromatic carbocycles. The summed E-state index contributed by atoms with van der Waals surface area (Å²) in [6.45, 7) is 1.25. The Morgan fingerprint density at radius 1 is 1.12 bits per heavy atom. The van der Waals surface area contributed by atoms with E-state index in [1.54, 1.807) is 31.0 Å². The lowest BCUT2D eigenvalue weighted by Gasteiger charge is -2.29. The number of nitrogens with one attached hydrogen (secondary N) is 1. The number of carbonyl (C=O) groups excluding carboxylic acids is 1. The first-order chi connectivity index (χ1) is 16.4. The van der Waals surface area contributed by atoms with Crippen LogP contribution < -0.4 is 0 Å². The molecule has 0 saturated carbocycles. The van der Waals surface area contributed by atoms with E-state index in [1.165, 1.54) is 21.7 Å². The highest BCUT2D eigenvalue weighted by Crippen LogP contribution is 2.38. The zero-order valence-electron chi connectivity index (χ0n) is 17.9. The van der Waals surface area contributed by atoms with Gasteiger partial charge in [0.25, 0.3) is 0 Å².